The maximum Gasteiger partial charge on any atom is 0.524 e. The molecule has 14 aromatic rings. The highest BCUT2D eigenvalue weighted by atomic mass is 16.5. The molecular formula is C84H52B3N3O2. The van der Waals surface area contributed by atoms with E-state index in [1.54, 1.807) is 0 Å². The molecule has 0 fully saturated rings. The van der Waals surface area contributed by atoms with E-state index >= 15 is 0 Å². The lowest BCUT2D eigenvalue weighted by Gasteiger charge is -2.43. The zero-order chi connectivity index (χ0) is 60.1. The standard InChI is InChI=1S/C42H26B2N2O.C42H26BNO/c1-5-15-35-29(11-1)31-13-3-7-17-38(31)45-40-24-22-28(26-34(40)30-12-2-6-16-36(30)43(35)45)27-21-23-37-33(25-27)32-14-4-8-18-39(32)46-41-19-9-10-20-42(41)47-44(37)46;1-2-12-30-29(11-1)31-13-3-4-15-33(31)35-23-21-27(25-37(35)34-16-6-5-14-32(30)34)28-22-24-39-38(26-28)36-17-7-8-18-40(36)44-41-19-9-10-20-42(41)45-43(39)44/h1-26H;1-26H. The van der Waals surface area contributed by atoms with Gasteiger partial charge in [0.05, 0.1) is 11.4 Å². The summed E-state index contributed by atoms with van der Waals surface area (Å²) in [5, 5.41) is 0. The van der Waals surface area contributed by atoms with Crippen molar-refractivity contribution in [3.8, 4) is 123 Å². The van der Waals surface area contributed by atoms with Crippen LogP contribution in [0.4, 0.5) is 34.1 Å². The van der Waals surface area contributed by atoms with E-state index in [0.717, 1.165) is 22.9 Å². The molecule has 1 aliphatic carbocycles. The number of hydrogen-bond acceptors (Lipinski definition) is 5. The number of fused-ring (bicyclic) bond motifs is 35. The third kappa shape index (κ3) is 7.46. The highest BCUT2D eigenvalue weighted by Crippen LogP contribution is 2.53. The van der Waals surface area contributed by atoms with Crippen molar-refractivity contribution in [3.63, 3.8) is 0 Å². The van der Waals surface area contributed by atoms with Gasteiger partial charge >= 0.3 is 20.9 Å². The fraction of sp³-hybridized carbons (Fsp3) is 0. The molecule has 424 valence electrons. The zero-order valence-corrected chi connectivity index (χ0v) is 49.9. The van der Waals surface area contributed by atoms with Crippen LogP contribution in [0.1, 0.15) is 0 Å². The Hall–Kier alpha value is -11.7. The third-order valence-electron chi connectivity index (χ3n) is 20.1. The van der Waals surface area contributed by atoms with Crippen molar-refractivity contribution >= 4 is 76.9 Å². The summed E-state index contributed by atoms with van der Waals surface area (Å²) < 4.78 is 13.1. The first kappa shape index (κ1) is 51.2. The molecule has 0 radical (unpaired) electrons. The molecule has 0 atom stereocenters. The van der Waals surface area contributed by atoms with Gasteiger partial charge in [0.2, 0.25) is 0 Å². The Morgan fingerprint density at radius 3 is 0.946 bits per heavy atom. The van der Waals surface area contributed by atoms with Gasteiger partial charge in [-0.05, 0) is 184 Å². The van der Waals surface area contributed by atoms with Crippen LogP contribution < -0.4 is 45.6 Å². The quantitative estimate of drug-likeness (QED) is 0.161. The largest absolute Gasteiger partial charge is 0.536 e. The van der Waals surface area contributed by atoms with Crippen LogP contribution in [0.3, 0.4) is 0 Å². The Kier molecular flexibility index (Phi) is 11.1. The van der Waals surface area contributed by atoms with Crippen LogP contribution in [-0.2, 0) is 0 Å². The molecule has 7 aliphatic rings. The first-order chi connectivity index (χ1) is 45.7. The van der Waals surface area contributed by atoms with Crippen LogP contribution in [-0.4, -0.2) is 20.9 Å². The third-order valence-corrected chi connectivity index (χ3v) is 20.1. The van der Waals surface area contributed by atoms with Crippen molar-refractivity contribution in [2.24, 2.45) is 0 Å². The van der Waals surface area contributed by atoms with Gasteiger partial charge in [-0.15, -0.1) is 0 Å². The molecule has 0 spiro atoms. The summed E-state index contributed by atoms with van der Waals surface area (Å²) in [6.45, 7) is 0.120. The summed E-state index contributed by atoms with van der Waals surface area (Å²) >= 11 is 0. The summed E-state index contributed by atoms with van der Waals surface area (Å²) in [7, 11) is -0.360. The van der Waals surface area contributed by atoms with Gasteiger partial charge < -0.3 is 23.7 Å². The SMILES string of the molecule is c1ccc2c(c1)OB1c3ccc(-c4ccc5c(c4)-c4ccccc4-c4ccccc4-c4ccccc4-5)cc3-c3ccccc3N12.c1ccc2c(c1)OB1c3ccc(-c4ccc5c(c4)-c4ccccc4B4c6ccccc6-c6ccccc6N45)cc3-c3ccccc3N12. The fourth-order valence-corrected chi connectivity index (χ4v) is 16.1. The van der Waals surface area contributed by atoms with Gasteiger partial charge in [0, 0.05) is 45.0 Å². The van der Waals surface area contributed by atoms with Crippen molar-refractivity contribution < 1.29 is 9.31 Å². The van der Waals surface area contributed by atoms with Crippen molar-refractivity contribution in [2.75, 3.05) is 14.4 Å². The average Bonchev–Trinajstić information content (AvgIpc) is 0.790. The molecule has 0 aromatic heterocycles. The van der Waals surface area contributed by atoms with Gasteiger partial charge in [-0.3, -0.25) is 0 Å². The minimum Gasteiger partial charge on any atom is -0.536 e. The molecule has 14 aromatic carbocycles. The first-order valence-corrected chi connectivity index (χ1v) is 31.9. The van der Waals surface area contributed by atoms with Crippen LogP contribution in [0.5, 0.6) is 11.5 Å². The summed E-state index contributed by atoms with van der Waals surface area (Å²) in [4.78, 5) is 7.24. The minimum atomic E-state index is -0.180. The van der Waals surface area contributed by atoms with E-state index in [9.17, 15) is 0 Å². The number of hydrogen-bond donors (Lipinski definition) is 0. The number of para-hydroxylation sites is 7. The minimum absolute atomic E-state index is 0.120. The fourth-order valence-electron chi connectivity index (χ4n) is 16.1. The van der Waals surface area contributed by atoms with Crippen LogP contribution in [0, 0.1) is 0 Å². The average molecular weight is 1170 g/mol. The van der Waals surface area contributed by atoms with Gasteiger partial charge in [-0.25, -0.2) is 0 Å². The Morgan fingerprint density at radius 2 is 0.478 bits per heavy atom. The molecule has 0 unspecified atom stereocenters. The topological polar surface area (TPSA) is 28.2 Å². The van der Waals surface area contributed by atoms with Gasteiger partial charge in [-0.2, -0.15) is 0 Å². The molecule has 0 amide bonds. The maximum atomic E-state index is 6.58. The van der Waals surface area contributed by atoms with Crippen LogP contribution in [0.15, 0.2) is 315 Å². The van der Waals surface area contributed by atoms with Gasteiger partial charge in [0.15, 0.2) is 0 Å². The molecule has 0 saturated carbocycles. The van der Waals surface area contributed by atoms with E-state index in [0.29, 0.717) is 0 Å². The molecule has 5 nitrogen and oxygen atoms in total. The molecule has 0 bridgehead atoms. The van der Waals surface area contributed by atoms with E-state index in [2.05, 4.69) is 318 Å². The second kappa shape index (κ2) is 19.9. The van der Waals surface area contributed by atoms with Crippen molar-refractivity contribution in [1.29, 1.82) is 0 Å². The lowest BCUT2D eigenvalue weighted by Crippen LogP contribution is -2.59. The first-order valence-electron chi connectivity index (χ1n) is 31.9. The van der Waals surface area contributed by atoms with Gasteiger partial charge in [0.25, 0.3) is 0 Å². The summed E-state index contributed by atoms with van der Waals surface area (Å²) in [6, 6.07) is 115. The Labute approximate surface area is 535 Å². The second-order valence-electron chi connectivity index (χ2n) is 24.8. The van der Waals surface area contributed by atoms with E-state index in [4.69, 9.17) is 9.31 Å². The highest BCUT2D eigenvalue weighted by molar-refractivity contribution is 6.92. The predicted molar refractivity (Wildman–Crippen MR) is 384 cm³/mol. The number of nitrogens with zero attached hydrogens (tertiary/aromatic N) is 3. The van der Waals surface area contributed by atoms with Crippen molar-refractivity contribution in [2.45, 2.75) is 0 Å². The zero-order valence-electron chi connectivity index (χ0n) is 49.9. The molecule has 6 heterocycles. The molecule has 0 saturated heterocycles. The van der Waals surface area contributed by atoms with Gasteiger partial charge in [-0.1, -0.05) is 243 Å². The van der Waals surface area contributed by atoms with Crippen molar-refractivity contribution in [3.05, 3.63) is 315 Å². The van der Waals surface area contributed by atoms with Crippen molar-refractivity contribution in [1.82, 2.24) is 0 Å². The lowest BCUT2D eigenvalue weighted by atomic mass is 9.43. The lowest BCUT2D eigenvalue weighted by molar-refractivity contribution is 0.603. The monoisotopic (exact) mass is 1170 g/mol. The van der Waals surface area contributed by atoms with E-state index < -0.39 is 0 Å². The van der Waals surface area contributed by atoms with Crippen LogP contribution >= 0.6 is 0 Å². The van der Waals surface area contributed by atoms with Gasteiger partial charge in [0.1, 0.15) is 11.5 Å². The highest BCUT2D eigenvalue weighted by Gasteiger charge is 2.47. The normalized spacial score (nSPS) is 13.5. The molecule has 21 rings (SSSR count). The number of benzene rings is 14. The molecule has 92 heavy (non-hydrogen) atoms. The molecule has 0 N–H and O–H groups in total. The van der Waals surface area contributed by atoms with E-state index in [-0.39, 0.29) is 20.9 Å². The summed E-state index contributed by atoms with van der Waals surface area (Å²) in [5.74, 6) is 1.86. The summed E-state index contributed by atoms with van der Waals surface area (Å²) in [5.41, 5.74) is 37.2. The smallest absolute Gasteiger partial charge is 0.524 e. The van der Waals surface area contributed by atoms with E-state index in [1.165, 1.54) is 156 Å². The second-order valence-corrected chi connectivity index (χ2v) is 24.8. The van der Waals surface area contributed by atoms with Crippen LogP contribution in [0.25, 0.3) is 111 Å². The number of rotatable bonds is 2. The molecule has 8 heteroatoms. The Balaban J connectivity index is 0.000000128. The summed E-state index contributed by atoms with van der Waals surface area (Å²) in [6.07, 6.45) is 0. The molecular weight excluding hydrogens is 1120 g/mol. The Bertz CT molecular complexity index is 5460. The maximum absolute atomic E-state index is 6.58. The Morgan fingerprint density at radius 1 is 0.185 bits per heavy atom. The predicted octanol–water partition coefficient (Wildman–Crippen LogP) is 18.4. The molecule has 6 aliphatic heterocycles. The number of anilines is 6. The van der Waals surface area contributed by atoms with Crippen LogP contribution in [0.2, 0.25) is 0 Å². The van der Waals surface area contributed by atoms with E-state index in [1.807, 2.05) is 12.1 Å².